The number of aromatic nitrogens is 1. The van der Waals surface area contributed by atoms with Crippen LogP contribution in [0, 0.1) is 5.92 Å². The van der Waals surface area contributed by atoms with Gasteiger partial charge in [0.2, 0.25) is 0 Å². The minimum absolute atomic E-state index is 0.0588. The van der Waals surface area contributed by atoms with Crippen LogP contribution in [0.1, 0.15) is 36.7 Å². The molecule has 0 spiro atoms. The third-order valence-electron chi connectivity index (χ3n) is 5.21. The van der Waals surface area contributed by atoms with Crippen LogP contribution in [-0.2, 0) is 20.9 Å². The third kappa shape index (κ3) is 6.61. The molecule has 3 aromatic rings. The van der Waals surface area contributed by atoms with E-state index >= 15 is 0 Å². The molecule has 1 aromatic heterocycles. The van der Waals surface area contributed by atoms with Crippen LogP contribution in [0.25, 0.3) is 10.9 Å². The minimum atomic E-state index is -0.850. The molecule has 1 heterocycles. The second-order valence-corrected chi connectivity index (χ2v) is 8.93. The van der Waals surface area contributed by atoms with E-state index in [0.29, 0.717) is 17.2 Å². The van der Waals surface area contributed by atoms with E-state index in [4.69, 9.17) is 27.9 Å². The zero-order valence-electron chi connectivity index (χ0n) is 19.5. The fourth-order valence-corrected chi connectivity index (χ4v) is 4.01. The van der Waals surface area contributed by atoms with Gasteiger partial charge in [0.05, 0.1) is 23.4 Å². The first-order chi connectivity index (χ1) is 16.7. The lowest BCUT2D eigenvalue weighted by molar-refractivity contribution is -0.143. The number of para-hydroxylation sites is 1. The van der Waals surface area contributed by atoms with Gasteiger partial charge in [0, 0.05) is 27.7 Å². The first-order valence-electron chi connectivity index (χ1n) is 11.0. The number of benzene rings is 2. The maximum Gasteiger partial charge on any atom is 0.325 e. The minimum Gasteiger partial charge on any atom is -0.465 e. The zero-order valence-corrected chi connectivity index (χ0v) is 21.1. The van der Waals surface area contributed by atoms with E-state index in [1.54, 1.807) is 37.6 Å². The van der Waals surface area contributed by atoms with Crippen LogP contribution in [0.5, 0.6) is 0 Å². The number of nitrogens with zero attached hydrogens (tertiary/aromatic N) is 2. The van der Waals surface area contributed by atoms with Crippen LogP contribution in [0.2, 0.25) is 10.0 Å². The molecule has 3 rings (SSSR count). The summed E-state index contributed by atoms with van der Waals surface area (Å²) < 4.78 is 6.81. The van der Waals surface area contributed by atoms with Gasteiger partial charge < -0.3 is 14.6 Å². The summed E-state index contributed by atoms with van der Waals surface area (Å²) in [5.41, 5.74) is 4.25. The van der Waals surface area contributed by atoms with Gasteiger partial charge in [0.25, 0.3) is 11.8 Å². The summed E-state index contributed by atoms with van der Waals surface area (Å²) in [6, 6.07) is 11.2. The number of amides is 2. The number of hydrazone groups is 1. The Hall–Kier alpha value is -3.36. The SMILES string of the molecule is CCOC(=O)Cn1cc(/C=N\NC(=O)C(NC(=O)c2ccc(Cl)cc2Cl)C(C)C)c2ccccc21. The molecule has 2 aromatic carbocycles. The molecule has 1 atom stereocenters. The summed E-state index contributed by atoms with van der Waals surface area (Å²) in [4.78, 5) is 37.4. The zero-order chi connectivity index (χ0) is 25.5. The Morgan fingerprint density at radius 2 is 1.89 bits per heavy atom. The van der Waals surface area contributed by atoms with Crippen LogP contribution in [0.4, 0.5) is 0 Å². The number of hydrogen-bond donors (Lipinski definition) is 2. The van der Waals surface area contributed by atoms with E-state index < -0.39 is 17.9 Å². The van der Waals surface area contributed by atoms with Gasteiger partial charge in [-0.25, -0.2) is 5.43 Å². The number of hydrogen-bond acceptors (Lipinski definition) is 5. The number of carbonyl (C=O) groups excluding carboxylic acids is 3. The molecular weight excluding hydrogens is 491 g/mol. The lowest BCUT2D eigenvalue weighted by Crippen LogP contribution is -2.48. The summed E-state index contributed by atoms with van der Waals surface area (Å²) >= 11 is 12.0. The van der Waals surface area contributed by atoms with Gasteiger partial charge in [-0.05, 0) is 37.1 Å². The quantitative estimate of drug-likeness (QED) is 0.249. The highest BCUT2D eigenvalue weighted by molar-refractivity contribution is 6.36. The van der Waals surface area contributed by atoms with Crippen LogP contribution in [0.15, 0.2) is 53.8 Å². The Kier molecular flexibility index (Phi) is 8.89. The maximum absolute atomic E-state index is 12.8. The van der Waals surface area contributed by atoms with Gasteiger partial charge in [0.1, 0.15) is 12.6 Å². The molecule has 0 aliphatic heterocycles. The molecule has 1 unspecified atom stereocenters. The van der Waals surface area contributed by atoms with Crippen molar-refractivity contribution in [1.29, 1.82) is 0 Å². The lowest BCUT2D eigenvalue weighted by atomic mass is 10.0. The molecule has 184 valence electrons. The predicted molar refractivity (Wildman–Crippen MR) is 137 cm³/mol. The molecule has 0 aliphatic carbocycles. The van der Waals surface area contributed by atoms with Crippen LogP contribution < -0.4 is 10.7 Å². The lowest BCUT2D eigenvalue weighted by Gasteiger charge is -2.20. The van der Waals surface area contributed by atoms with Gasteiger partial charge in [-0.1, -0.05) is 55.2 Å². The van der Waals surface area contributed by atoms with Crippen molar-refractivity contribution in [2.45, 2.75) is 33.4 Å². The van der Waals surface area contributed by atoms with Gasteiger partial charge in [-0.2, -0.15) is 5.10 Å². The Balaban J connectivity index is 1.73. The van der Waals surface area contributed by atoms with Crippen molar-refractivity contribution < 1.29 is 19.1 Å². The summed E-state index contributed by atoms with van der Waals surface area (Å²) in [5, 5.41) is 8.24. The molecule has 0 saturated heterocycles. The number of carbonyl (C=O) groups is 3. The van der Waals surface area contributed by atoms with Crippen molar-refractivity contribution in [2.75, 3.05) is 6.61 Å². The second kappa shape index (κ2) is 11.9. The van der Waals surface area contributed by atoms with E-state index in [1.807, 2.05) is 24.3 Å². The van der Waals surface area contributed by atoms with E-state index in [-0.39, 0.29) is 29.0 Å². The largest absolute Gasteiger partial charge is 0.465 e. The van der Waals surface area contributed by atoms with Gasteiger partial charge in [-0.3, -0.25) is 14.4 Å². The number of esters is 1. The molecule has 8 nitrogen and oxygen atoms in total. The highest BCUT2D eigenvalue weighted by atomic mass is 35.5. The van der Waals surface area contributed by atoms with Crippen LogP contribution >= 0.6 is 23.2 Å². The normalized spacial score (nSPS) is 12.2. The average molecular weight is 517 g/mol. The third-order valence-corrected chi connectivity index (χ3v) is 5.76. The van der Waals surface area contributed by atoms with Crippen molar-refractivity contribution in [3.63, 3.8) is 0 Å². The smallest absolute Gasteiger partial charge is 0.325 e. The van der Waals surface area contributed by atoms with E-state index in [9.17, 15) is 14.4 Å². The van der Waals surface area contributed by atoms with E-state index in [0.717, 1.165) is 10.9 Å². The standard InChI is InChI=1S/C25H26Cl2N4O4/c1-4-35-22(32)14-31-13-16(18-7-5-6-8-21(18)31)12-28-30-25(34)23(15(2)3)29-24(33)19-10-9-17(26)11-20(19)27/h5-13,15,23H,4,14H2,1-3H3,(H,29,33)(H,30,34)/b28-12-. The molecule has 0 fully saturated rings. The van der Waals surface area contributed by atoms with Gasteiger partial charge in [-0.15, -0.1) is 0 Å². The highest BCUT2D eigenvalue weighted by Crippen LogP contribution is 2.22. The van der Waals surface area contributed by atoms with Crippen LogP contribution in [0.3, 0.4) is 0 Å². The average Bonchev–Trinajstić information content (AvgIpc) is 3.14. The molecule has 10 heteroatoms. The predicted octanol–water partition coefficient (Wildman–Crippen LogP) is 4.42. The number of halogens is 2. The Bertz CT molecular complexity index is 1270. The molecule has 0 saturated carbocycles. The van der Waals surface area contributed by atoms with Crippen molar-refractivity contribution >= 4 is 58.1 Å². The van der Waals surface area contributed by atoms with Crippen molar-refractivity contribution in [3.05, 3.63) is 69.8 Å². The topological polar surface area (TPSA) is 102 Å². The summed E-state index contributed by atoms with van der Waals surface area (Å²) in [6.07, 6.45) is 3.26. The summed E-state index contributed by atoms with van der Waals surface area (Å²) in [7, 11) is 0. The second-order valence-electron chi connectivity index (χ2n) is 8.09. The summed E-state index contributed by atoms with van der Waals surface area (Å²) in [6.45, 7) is 5.73. The molecule has 2 N–H and O–H groups in total. The van der Waals surface area contributed by atoms with E-state index in [2.05, 4.69) is 15.8 Å². The van der Waals surface area contributed by atoms with Gasteiger partial charge in [0.15, 0.2) is 0 Å². The fourth-order valence-electron chi connectivity index (χ4n) is 3.52. The summed E-state index contributed by atoms with van der Waals surface area (Å²) in [5.74, 6) is -1.54. The highest BCUT2D eigenvalue weighted by Gasteiger charge is 2.25. The monoisotopic (exact) mass is 516 g/mol. The molecule has 2 amide bonds. The van der Waals surface area contributed by atoms with Gasteiger partial charge >= 0.3 is 5.97 Å². The molecular formula is C25H26Cl2N4O4. The maximum atomic E-state index is 12.8. The first-order valence-corrected chi connectivity index (χ1v) is 11.8. The number of rotatable bonds is 9. The molecule has 0 aliphatic rings. The molecule has 0 radical (unpaired) electrons. The molecule has 0 bridgehead atoms. The Labute approximate surface area is 213 Å². The van der Waals surface area contributed by atoms with Crippen molar-refractivity contribution in [2.24, 2.45) is 11.0 Å². The van der Waals surface area contributed by atoms with E-state index in [1.165, 1.54) is 18.3 Å². The van der Waals surface area contributed by atoms with Crippen molar-refractivity contribution in [1.82, 2.24) is 15.3 Å². The Morgan fingerprint density at radius 3 is 2.57 bits per heavy atom. The number of nitrogens with one attached hydrogen (secondary N) is 2. The number of ether oxygens (including phenoxy) is 1. The van der Waals surface area contributed by atoms with Crippen molar-refractivity contribution in [3.8, 4) is 0 Å². The number of fused-ring (bicyclic) bond motifs is 1. The first kappa shape index (κ1) is 26.2. The molecule has 35 heavy (non-hydrogen) atoms. The Morgan fingerprint density at radius 1 is 1.14 bits per heavy atom. The fraction of sp³-hybridized carbons (Fsp3) is 0.280. The van der Waals surface area contributed by atoms with Crippen LogP contribution in [-0.4, -0.2) is 41.2 Å².